The molecule has 0 radical (unpaired) electrons. The van der Waals surface area contributed by atoms with Crippen LogP contribution < -0.4 is 0 Å². The van der Waals surface area contributed by atoms with Gasteiger partial charge in [0, 0.05) is 6.20 Å². The summed E-state index contributed by atoms with van der Waals surface area (Å²) in [6.07, 6.45) is 1.55. The van der Waals surface area contributed by atoms with Gasteiger partial charge in [0.2, 0.25) is 0 Å². The fraction of sp³-hybridized carbons (Fsp3) is 0.0714. The van der Waals surface area contributed by atoms with E-state index in [0.717, 1.165) is 11.8 Å². The van der Waals surface area contributed by atoms with Crippen molar-refractivity contribution in [2.24, 2.45) is 0 Å². The number of carbonyl (C=O) groups is 1. The van der Waals surface area contributed by atoms with Gasteiger partial charge in [-0.25, -0.2) is 4.98 Å². The number of carboxylic acids is 1. The van der Waals surface area contributed by atoms with Crippen LogP contribution in [-0.4, -0.2) is 16.1 Å². The standard InChI is InChI=1S/C14H10N2O2S/c15-9-11-7-4-8-16-13(11)19-12(14(17)18)10-5-2-1-3-6-10/h1-8,12H,(H,17,18). The molecule has 0 saturated heterocycles. The summed E-state index contributed by atoms with van der Waals surface area (Å²) in [6.45, 7) is 0. The van der Waals surface area contributed by atoms with Crippen molar-refractivity contribution in [2.75, 3.05) is 0 Å². The van der Waals surface area contributed by atoms with E-state index in [4.69, 9.17) is 5.26 Å². The van der Waals surface area contributed by atoms with Crippen LogP contribution in [0.2, 0.25) is 0 Å². The second kappa shape index (κ2) is 6.03. The van der Waals surface area contributed by atoms with Crippen LogP contribution in [-0.2, 0) is 4.79 Å². The third-order valence-electron chi connectivity index (χ3n) is 2.45. The first-order chi connectivity index (χ1) is 9.22. The number of aromatic nitrogens is 1. The summed E-state index contributed by atoms with van der Waals surface area (Å²) < 4.78 is 0. The number of nitrogens with zero attached hydrogens (tertiary/aromatic N) is 2. The predicted molar refractivity (Wildman–Crippen MR) is 71.6 cm³/mol. The molecule has 2 aromatic rings. The van der Waals surface area contributed by atoms with Crippen LogP contribution >= 0.6 is 11.8 Å². The topological polar surface area (TPSA) is 74.0 Å². The van der Waals surface area contributed by atoms with E-state index in [1.807, 2.05) is 12.1 Å². The van der Waals surface area contributed by atoms with Crippen molar-refractivity contribution in [1.29, 1.82) is 5.26 Å². The Hall–Kier alpha value is -2.32. The Morgan fingerprint density at radius 2 is 2.00 bits per heavy atom. The van der Waals surface area contributed by atoms with Crippen LogP contribution in [0.3, 0.4) is 0 Å². The molecule has 19 heavy (non-hydrogen) atoms. The molecule has 0 aliphatic rings. The van der Waals surface area contributed by atoms with E-state index in [9.17, 15) is 9.90 Å². The zero-order chi connectivity index (χ0) is 13.7. The lowest BCUT2D eigenvalue weighted by Crippen LogP contribution is -2.08. The molecule has 1 unspecified atom stereocenters. The zero-order valence-electron chi connectivity index (χ0n) is 9.85. The Morgan fingerprint density at radius 1 is 1.26 bits per heavy atom. The Morgan fingerprint density at radius 3 is 2.63 bits per heavy atom. The summed E-state index contributed by atoms with van der Waals surface area (Å²) in [5, 5.41) is 18.0. The molecule has 0 aliphatic carbocycles. The molecule has 1 aromatic carbocycles. The van der Waals surface area contributed by atoms with Gasteiger partial charge in [0.25, 0.3) is 0 Å². The SMILES string of the molecule is N#Cc1cccnc1SC(C(=O)O)c1ccccc1. The molecule has 0 aliphatic heterocycles. The van der Waals surface area contributed by atoms with Crippen molar-refractivity contribution >= 4 is 17.7 Å². The fourth-order valence-electron chi connectivity index (χ4n) is 1.57. The van der Waals surface area contributed by atoms with Gasteiger partial charge in [0.15, 0.2) is 0 Å². The van der Waals surface area contributed by atoms with Gasteiger partial charge in [-0.2, -0.15) is 5.26 Å². The van der Waals surface area contributed by atoms with E-state index >= 15 is 0 Å². The van der Waals surface area contributed by atoms with E-state index in [1.54, 1.807) is 42.6 Å². The van der Waals surface area contributed by atoms with Gasteiger partial charge in [-0.15, -0.1) is 0 Å². The smallest absolute Gasteiger partial charge is 0.321 e. The van der Waals surface area contributed by atoms with E-state index in [2.05, 4.69) is 4.98 Å². The van der Waals surface area contributed by atoms with E-state index in [0.29, 0.717) is 16.2 Å². The zero-order valence-corrected chi connectivity index (χ0v) is 10.7. The summed E-state index contributed by atoms with van der Waals surface area (Å²) in [6, 6.07) is 14.2. The van der Waals surface area contributed by atoms with Gasteiger partial charge >= 0.3 is 5.97 Å². The predicted octanol–water partition coefficient (Wildman–Crippen LogP) is 2.87. The van der Waals surface area contributed by atoms with Crippen LogP contribution in [0.5, 0.6) is 0 Å². The first-order valence-electron chi connectivity index (χ1n) is 5.52. The number of thioether (sulfide) groups is 1. The summed E-state index contributed by atoms with van der Waals surface area (Å²) in [5.41, 5.74) is 1.06. The van der Waals surface area contributed by atoms with Crippen LogP contribution in [0.25, 0.3) is 0 Å². The number of benzene rings is 1. The van der Waals surface area contributed by atoms with Crippen LogP contribution in [0.15, 0.2) is 53.7 Å². The highest BCUT2D eigenvalue weighted by atomic mass is 32.2. The van der Waals surface area contributed by atoms with E-state index in [-0.39, 0.29) is 0 Å². The largest absolute Gasteiger partial charge is 0.480 e. The second-order valence-electron chi connectivity index (χ2n) is 3.71. The van der Waals surface area contributed by atoms with Gasteiger partial charge in [0.1, 0.15) is 16.3 Å². The van der Waals surface area contributed by atoms with Crippen molar-refractivity contribution < 1.29 is 9.90 Å². The summed E-state index contributed by atoms with van der Waals surface area (Å²) in [7, 11) is 0. The molecular formula is C14H10N2O2S. The van der Waals surface area contributed by atoms with Crippen molar-refractivity contribution in [1.82, 2.24) is 4.98 Å². The first kappa shape index (κ1) is 13.1. The molecule has 0 saturated carbocycles. The molecule has 5 heteroatoms. The molecule has 1 N–H and O–H groups in total. The molecule has 1 aromatic heterocycles. The molecular weight excluding hydrogens is 260 g/mol. The Balaban J connectivity index is 2.33. The van der Waals surface area contributed by atoms with Gasteiger partial charge in [0.05, 0.1) is 5.56 Å². The highest BCUT2D eigenvalue weighted by Gasteiger charge is 2.22. The quantitative estimate of drug-likeness (QED) is 0.865. The first-order valence-corrected chi connectivity index (χ1v) is 6.40. The van der Waals surface area contributed by atoms with Crippen molar-refractivity contribution in [3.05, 3.63) is 59.8 Å². The lowest BCUT2D eigenvalue weighted by atomic mass is 10.1. The third kappa shape index (κ3) is 3.12. The molecule has 0 bridgehead atoms. The maximum absolute atomic E-state index is 11.4. The summed E-state index contributed by atoms with van der Waals surface area (Å²) in [4.78, 5) is 15.4. The molecule has 0 spiro atoms. The van der Waals surface area contributed by atoms with E-state index < -0.39 is 11.2 Å². The normalized spacial score (nSPS) is 11.5. The highest BCUT2D eigenvalue weighted by Crippen LogP contribution is 2.35. The van der Waals surface area contributed by atoms with Crippen molar-refractivity contribution in [3.8, 4) is 6.07 Å². The minimum Gasteiger partial charge on any atom is -0.480 e. The maximum atomic E-state index is 11.4. The van der Waals surface area contributed by atoms with Crippen molar-refractivity contribution in [2.45, 2.75) is 10.3 Å². The number of aliphatic carboxylic acids is 1. The average Bonchev–Trinajstić information content (AvgIpc) is 2.45. The molecule has 2 rings (SSSR count). The number of rotatable bonds is 4. The lowest BCUT2D eigenvalue weighted by Gasteiger charge is -2.12. The number of hydrogen-bond donors (Lipinski definition) is 1. The summed E-state index contributed by atoms with van der Waals surface area (Å²) >= 11 is 1.07. The van der Waals surface area contributed by atoms with Crippen molar-refractivity contribution in [3.63, 3.8) is 0 Å². The molecule has 4 nitrogen and oxygen atoms in total. The maximum Gasteiger partial charge on any atom is 0.321 e. The van der Waals surface area contributed by atoms with Gasteiger partial charge in [-0.05, 0) is 17.7 Å². The lowest BCUT2D eigenvalue weighted by molar-refractivity contribution is -0.136. The average molecular weight is 270 g/mol. The highest BCUT2D eigenvalue weighted by molar-refractivity contribution is 8.00. The fourth-order valence-corrected chi connectivity index (χ4v) is 2.55. The van der Waals surface area contributed by atoms with Gasteiger partial charge in [-0.1, -0.05) is 42.1 Å². The van der Waals surface area contributed by atoms with Crippen LogP contribution in [0.1, 0.15) is 16.4 Å². The minimum absolute atomic E-state index is 0.384. The third-order valence-corrected chi connectivity index (χ3v) is 3.71. The van der Waals surface area contributed by atoms with Crippen LogP contribution in [0, 0.1) is 11.3 Å². The van der Waals surface area contributed by atoms with Gasteiger partial charge < -0.3 is 5.11 Å². The Kier molecular flexibility index (Phi) is 4.16. The van der Waals surface area contributed by atoms with Gasteiger partial charge in [-0.3, -0.25) is 4.79 Å². The molecule has 1 heterocycles. The molecule has 1 atom stereocenters. The number of hydrogen-bond acceptors (Lipinski definition) is 4. The minimum atomic E-state index is -0.953. The van der Waals surface area contributed by atoms with E-state index in [1.165, 1.54) is 0 Å². The Labute approximate surface area is 114 Å². The number of pyridine rings is 1. The summed E-state index contributed by atoms with van der Waals surface area (Å²) in [5.74, 6) is -0.953. The molecule has 94 valence electrons. The second-order valence-corrected chi connectivity index (χ2v) is 4.81. The molecule has 0 amide bonds. The number of carboxylic acid groups (broad SMARTS) is 1. The Bertz CT molecular complexity index is 623. The number of nitriles is 1. The van der Waals surface area contributed by atoms with Crippen LogP contribution in [0.4, 0.5) is 0 Å². The monoisotopic (exact) mass is 270 g/mol. The molecule has 0 fully saturated rings.